The maximum Gasteiger partial charge on any atom is 0.243 e. The molecule has 0 aromatic heterocycles. The summed E-state index contributed by atoms with van der Waals surface area (Å²) < 4.78 is 28.1. The van der Waals surface area contributed by atoms with Crippen LogP contribution in [0.2, 0.25) is 0 Å². The summed E-state index contributed by atoms with van der Waals surface area (Å²) in [6.07, 6.45) is 1.97. The minimum absolute atomic E-state index is 0.0781. The number of nitrogens with zero attached hydrogens (tertiary/aromatic N) is 1. The third kappa shape index (κ3) is 5.55. The Kier molecular flexibility index (Phi) is 7.05. The van der Waals surface area contributed by atoms with Crippen LogP contribution >= 0.6 is 0 Å². The number of anilines is 2. The SMILES string of the molecule is CC(=O)Nc1ccc(NC(=O)[C@H]2CCCCN2S(=O)(=O)c2ccc(C(C)(C)C)cc2)cc1. The summed E-state index contributed by atoms with van der Waals surface area (Å²) in [4.78, 5) is 24.4. The summed E-state index contributed by atoms with van der Waals surface area (Å²) in [5.74, 6) is -0.535. The summed E-state index contributed by atoms with van der Waals surface area (Å²) in [6, 6.07) is 12.9. The molecule has 1 fully saturated rings. The van der Waals surface area contributed by atoms with Crippen LogP contribution in [0.15, 0.2) is 53.4 Å². The minimum Gasteiger partial charge on any atom is -0.326 e. The highest BCUT2D eigenvalue weighted by Crippen LogP contribution is 2.29. The number of sulfonamides is 1. The molecule has 1 aliphatic heterocycles. The number of hydrogen-bond donors (Lipinski definition) is 2. The lowest BCUT2D eigenvalue weighted by atomic mass is 9.87. The van der Waals surface area contributed by atoms with Gasteiger partial charge >= 0.3 is 0 Å². The number of nitrogens with one attached hydrogen (secondary N) is 2. The molecule has 0 saturated carbocycles. The lowest BCUT2D eigenvalue weighted by Crippen LogP contribution is -2.49. The van der Waals surface area contributed by atoms with E-state index in [0.29, 0.717) is 30.8 Å². The highest BCUT2D eigenvalue weighted by Gasteiger charge is 2.37. The van der Waals surface area contributed by atoms with Gasteiger partial charge in [-0.1, -0.05) is 39.3 Å². The molecule has 1 aliphatic rings. The molecule has 7 nitrogen and oxygen atoms in total. The van der Waals surface area contributed by atoms with Crippen molar-refractivity contribution in [2.75, 3.05) is 17.2 Å². The van der Waals surface area contributed by atoms with E-state index >= 15 is 0 Å². The molecule has 172 valence electrons. The Labute approximate surface area is 190 Å². The first-order chi connectivity index (χ1) is 15.0. The Morgan fingerprint density at radius 1 is 0.906 bits per heavy atom. The van der Waals surface area contributed by atoms with E-state index in [1.54, 1.807) is 36.4 Å². The third-order valence-electron chi connectivity index (χ3n) is 5.56. The molecular formula is C24H31N3O4S. The van der Waals surface area contributed by atoms with Crippen molar-refractivity contribution in [1.29, 1.82) is 0 Å². The van der Waals surface area contributed by atoms with E-state index in [1.165, 1.54) is 11.2 Å². The zero-order valence-electron chi connectivity index (χ0n) is 19.0. The second kappa shape index (κ2) is 9.42. The highest BCUT2D eigenvalue weighted by molar-refractivity contribution is 7.89. The Balaban J connectivity index is 1.78. The maximum absolute atomic E-state index is 13.4. The number of benzene rings is 2. The molecule has 2 aromatic carbocycles. The van der Waals surface area contributed by atoms with E-state index in [-0.39, 0.29) is 22.1 Å². The van der Waals surface area contributed by atoms with Gasteiger partial charge in [0.05, 0.1) is 4.90 Å². The fraction of sp³-hybridized carbons (Fsp3) is 0.417. The monoisotopic (exact) mass is 457 g/mol. The molecule has 0 radical (unpaired) electrons. The summed E-state index contributed by atoms with van der Waals surface area (Å²) in [5, 5.41) is 5.48. The lowest BCUT2D eigenvalue weighted by Gasteiger charge is -2.33. The zero-order chi connectivity index (χ0) is 23.5. The van der Waals surface area contributed by atoms with E-state index in [0.717, 1.165) is 12.0 Å². The normalized spacial score (nSPS) is 17.6. The number of hydrogen-bond acceptors (Lipinski definition) is 4. The van der Waals surface area contributed by atoms with Crippen molar-refractivity contribution in [3.63, 3.8) is 0 Å². The fourth-order valence-electron chi connectivity index (χ4n) is 3.78. The van der Waals surface area contributed by atoms with E-state index in [9.17, 15) is 18.0 Å². The Bertz CT molecular complexity index is 1070. The van der Waals surface area contributed by atoms with Crippen LogP contribution in [0.5, 0.6) is 0 Å². The molecule has 0 unspecified atom stereocenters. The molecule has 2 amide bonds. The van der Waals surface area contributed by atoms with Crippen LogP contribution in [0.25, 0.3) is 0 Å². The second-order valence-electron chi connectivity index (χ2n) is 9.15. The molecule has 1 saturated heterocycles. The first-order valence-electron chi connectivity index (χ1n) is 10.8. The predicted octanol–water partition coefficient (Wildman–Crippen LogP) is 4.12. The molecule has 0 aliphatic carbocycles. The standard InChI is InChI=1S/C24H31N3O4S/c1-17(28)25-19-10-12-20(13-11-19)26-23(29)22-7-5-6-16-27(22)32(30,31)21-14-8-18(9-15-21)24(2,3)4/h8-15,22H,5-7,16H2,1-4H3,(H,25,28)(H,26,29)/t22-/m1/s1. The van der Waals surface area contributed by atoms with Gasteiger partial charge in [0.15, 0.2) is 0 Å². The van der Waals surface area contributed by atoms with Crippen molar-refractivity contribution < 1.29 is 18.0 Å². The van der Waals surface area contributed by atoms with E-state index in [1.807, 2.05) is 12.1 Å². The smallest absolute Gasteiger partial charge is 0.243 e. The predicted molar refractivity (Wildman–Crippen MR) is 126 cm³/mol. The maximum atomic E-state index is 13.4. The summed E-state index contributed by atoms with van der Waals surface area (Å²) in [6.45, 7) is 7.95. The first kappa shape index (κ1) is 23.9. The van der Waals surface area contributed by atoms with Crippen LogP contribution in [-0.2, 0) is 25.0 Å². The van der Waals surface area contributed by atoms with Crippen LogP contribution < -0.4 is 10.6 Å². The van der Waals surface area contributed by atoms with Crippen molar-refractivity contribution in [1.82, 2.24) is 4.31 Å². The van der Waals surface area contributed by atoms with Gasteiger partial charge in [-0.05, 0) is 60.2 Å². The quantitative estimate of drug-likeness (QED) is 0.706. The fourth-order valence-corrected chi connectivity index (χ4v) is 5.44. The molecule has 1 atom stereocenters. The van der Waals surface area contributed by atoms with Gasteiger partial charge in [-0.15, -0.1) is 0 Å². The first-order valence-corrected chi connectivity index (χ1v) is 12.2. The molecule has 1 heterocycles. The Hall–Kier alpha value is -2.71. The van der Waals surface area contributed by atoms with Gasteiger partial charge in [0.1, 0.15) is 6.04 Å². The van der Waals surface area contributed by atoms with E-state index in [4.69, 9.17) is 0 Å². The summed E-state index contributed by atoms with van der Waals surface area (Å²) in [5.41, 5.74) is 2.13. The number of amides is 2. The molecule has 2 N–H and O–H groups in total. The van der Waals surface area contributed by atoms with Crippen LogP contribution in [0, 0.1) is 0 Å². The van der Waals surface area contributed by atoms with Crippen LogP contribution in [-0.4, -0.2) is 37.1 Å². The average molecular weight is 458 g/mol. The van der Waals surface area contributed by atoms with Gasteiger partial charge in [-0.25, -0.2) is 8.42 Å². The number of rotatable bonds is 5. The van der Waals surface area contributed by atoms with Crippen molar-refractivity contribution >= 4 is 33.2 Å². The third-order valence-corrected chi connectivity index (χ3v) is 7.48. The number of piperidine rings is 1. The zero-order valence-corrected chi connectivity index (χ0v) is 19.8. The number of carbonyl (C=O) groups excluding carboxylic acids is 2. The summed E-state index contributed by atoms with van der Waals surface area (Å²) >= 11 is 0. The van der Waals surface area contributed by atoms with Crippen LogP contribution in [0.3, 0.4) is 0 Å². The van der Waals surface area contributed by atoms with Gasteiger partial charge in [0.25, 0.3) is 0 Å². The van der Waals surface area contributed by atoms with Crippen molar-refractivity contribution in [2.24, 2.45) is 0 Å². The molecule has 8 heteroatoms. The molecule has 2 aromatic rings. The molecular weight excluding hydrogens is 426 g/mol. The van der Waals surface area contributed by atoms with E-state index < -0.39 is 16.1 Å². The average Bonchev–Trinajstić information content (AvgIpc) is 2.74. The molecule has 0 spiro atoms. The Morgan fingerprint density at radius 2 is 1.47 bits per heavy atom. The van der Waals surface area contributed by atoms with Gasteiger partial charge in [0.2, 0.25) is 21.8 Å². The van der Waals surface area contributed by atoms with E-state index in [2.05, 4.69) is 31.4 Å². The van der Waals surface area contributed by atoms with Crippen molar-refractivity contribution in [3.05, 3.63) is 54.1 Å². The number of carbonyl (C=O) groups is 2. The Morgan fingerprint density at radius 3 is 2.00 bits per heavy atom. The van der Waals surface area contributed by atoms with Gasteiger partial charge in [-0.2, -0.15) is 4.31 Å². The van der Waals surface area contributed by atoms with Gasteiger partial charge < -0.3 is 10.6 Å². The van der Waals surface area contributed by atoms with Crippen molar-refractivity contribution in [3.8, 4) is 0 Å². The second-order valence-corrected chi connectivity index (χ2v) is 11.0. The molecule has 32 heavy (non-hydrogen) atoms. The topological polar surface area (TPSA) is 95.6 Å². The van der Waals surface area contributed by atoms with Gasteiger partial charge in [0, 0.05) is 24.8 Å². The van der Waals surface area contributed by atoms with Crippen LogP contribution in [0.1, 0.15) is 52.5 Å². The molecule has 3 rings (SSSR count). The minimum atomic E-state index is -3.81. The van der Waals surface area contributed by atoms with Crippen LogP contribution in [0.4, 0.5) is 11.4 Å². The molecule has 0 bridgehead atoms. The van der Waals surface area contributed by atoms with Crippen molar-refractivity contribution in [2.45, 2.75) is 63.3 Å². The largest absolute Gasteiger partial charge is 0.326 e. The lowest BCUT2D eigenvalue weighted by molar-refractivity contribution is -0.120. The highest BCUT2D eigenvalue weighted by atomic mass is 32.2. The summed E-state index contributed by atoms with van der Waals surface area (Å²) in [7, 11) is -3.81. The van der Waals surface area contributed by atoms with Gasteiger partial charge in [-0.3, -0.25) is 9.59 Å².